The number of rotatable bonds is 5. The number of anilines is 1. The third-order valence-corrected chi connectivity index (χ3v) is 5.45. The largest absolute Gasteiger partial charge is 0.494 e. The van der Waals surface area contributed by atoms with Gasteiger partial charge in [0.15, 0.2) is 0 Å². The van der Waals surface area contributed by atoms with E-state index in [0.717, 1.165) is 24.5 Å². The van der Waals surface area contributed by atoms with Crippen LogP contribution in [0.4, 0.5) is 5.69 Å². The zero-order chi connectivity index (χ0) is 14.7. The second kappa shape index (κ2) is 6.84. The normalized spacial score (nSPS) is 17.3. The van der Waals surface area contributed by atoms with E-state index >= 15 is 0 Å². The van der Waals surface area contributed by atoms with Crippen molar-refractivity contribution < 1.29 is 4.74 Å². The lowest BCUT2D eigenvalue weighted by atomic mass is 9.94. The number of aryl methyl sites for hydroxylation is 1. The maximum Gasteiger partial charge on any atom is 0.121 e. The van der Waals surface area contributed by atoms with Crippen LogP contribution in [0.3, 0.4) is 0 Å². The minimum Gasteiger partial charge on any atom is -0.494 e. The van der Waals surface area contributed by atoms with E-state index in [4.69, 9.17) is 4.74 Å². The predicted octanol–water partition coefficient (Wildman–Crippen LogP) is 5.79. The van der Waals surface area contributed by atoms with Gasteiger partial charge in [-0.25, -0.2) is 0 Å². The summed E-state index contributed by atoms with van der Waals surface area (Å²) in [7, 11) is 0. The van der Waals surface area contributed by atoms with E-state index in [1.54, 1.807) is 0 Å². The molecule has 1 heterocycles. The number of hydrogen-bond donors (Lipinski definition) is 1. The number of benzene rings is 1. The molecular weight excluding hydrogens is 346 g/mol. The molecule has 1 aliphatic carbocycles. The van der Waals surface area contributed by atoms with Gasteiger partial charge in [-0.1, -0.05) is 13.0 Å². The van der Waals surface area contributed by atoms with Crippen LogP contribution in [-0.2, 0) is 6.42 Å². The van der Waals surface area contributed by atoms with Gasteiger partial charge in [-0.15, -0.1) is 11.3 Å². The second-order valence-electron chi connectivity index (χ2n) is 5.39. The molecule has 0 bridgehead atoms. The van der Waals surface area contributed by atoms with Crippen LogP contribution in [0.5, 0.6) is 5.75 Å². The summed E-state index contributed by atoms with van der Waals surface area (Å²) in [5.41, 5.74) is 2.60. The SMILES string of the molecule is CCCOc1cccc(NC2CCCc3sc(Br)cc32)c1. The van der Waals surface area contributed by atoms with Crippen LogP contribution >= 0.6 is 27.3 Å². The van der Waals surface area contributed by atoms with Gasteiger partial charge < -0.3 is 10.1 Å². The molecule has 0 amide bonds. The van der Waals surface area contributed by atoms with E-state index in [9.17, 15) is 0 Å². The lowest BCUT2D eigenvalue weighted by molar-refractivity contribution is 0.317. The molecule has 1 aromatic heterocycles. The molecule has 0 saturated carbocycles. The van der Waals surface area contributed by atoms with Gasteiger partial charge in [0.25, 0.3) is 0 Å². The quantitative estimate of drug-likeness (QED) is 0.723. The molecule has 1 unspecified atom stereocenters. The smallest absolute Gasteiger partial charge is 0.121 e. The Labute approximate surface area is 138 Å². The van der Waals surface area contributed by atoms with Crippen molar-refractivity contribution in [2.24, 2.45) is 0 Å². The molecule has 3 rings (SSSR count). The van der Waals surface area contributed by atoms with Gasteiger partial charge in [-0.05, 0) is 65.4 Å². The Morgan fingerprint density at radius 3 is 3.14 bits per heavy atom. The molecule has 1 N–H and O–H groups in total. The fourth-order valence-corrected chi connectivity index (χ4v) is 4.59. The molecule has 1 atom stereocenters. The molecular formula is C17H20BrNOS. The molecule has 21 heavy (non-hydrogen) atoms. The zero-order valence-electron chi connectivity index (χ0n) is 12.2. The van der Waals surface area contributed by atoms with Gasteiger partial charge in [0.05, 0.1) is 16.4 Å². The number of halogens is 1. The Kier molecular flexibility index (Phi) is 4.86. The monoisotopic (exact) mass is 365 g/mol. The summed E-state index contributed by atoms with van der Waals surface area (Å²) >= 11 is 5.49. The maximum atomic E-state index is 5.71. The Bertz CT molecular complexity index is 611. The molecule has 0 saturated heterocycles. The summed E-state index contributed by atoms with van der Waals surface area (Å²) in [5.74, 6) is 0.949. The first-order valence-electron chi connectivity index (χ1n) is 7.54. The van der Waals surface area contributed by atoms with Crippen molar-refractivity contribution in [3.8, 4) is 5.75 Å². The van der Waals surface area contributed by atoms with E-state index in [1.165, 1.54) is 33.5 Å². The summed E-state index contributed by atoms with van der Waals surface area (Å²) in [6.45, 7) is 2.90. The van der Waals surface area contributed by atoms with Crippen molar-refractivity contribution in [2.45, 2.75) is 38.6 Å². The molecule has 4 heteroatoms. The molecule has 2 nitrogen and oxygen atoms in total. The van der Waals surface area contributed by atoms with Crippen LogP contribution in [0.25, 0.3) is 0 Å². The highest BCUT2D eigenvalue weighted by atomic mass is 79.9. The van der Waals surface area contributed by atoms with Crippen LogP contribution in [0.2, 0.25) is 0 Å². The van der Waals surface area contributed by atoms with Crippen molar-refractivity contribution in [2.75, 3.05) is 11.9 Å². The minimum atomic E-state index is 0.415. The number of hydrogen-bond acceptors (Lipinski definition) is 3. The van der Waals surface area contributed by atoms with Crippen LogP contribution in [0, 0.1) is 0 Å². The van der Waals surface area contributed by atoms with E-state index in [0.29, 0.717) is 6.04 Å². The predicted molar refractivity (Wildman–Crippen MR) is 93.5 cm³/mol. The summed E-state index contributed by atoms with van der Waals surface area (Å²) in [5, 5.41) is 3.67. The summed E-state index contributed by atoms with van der Waals surface area (Å²) < 4.78 is 6.95. The lowest BCUT2D eigenvalue weighted by Crippen LogP contribution is -2.15. The number of nitrogens with one attached hydrogen (secondary N) is 1. The first kappa shape index (κ1) is 14.9. The fraction of sp³-hybridized carbons (Fsp3) is 0.412. The average molecular weight is 366 g/mol. The molecule has 112 valence electrons. The zero-order valence-corrected chi connectivity index (χ0v) is 14.6. The van der Waals surface area contributed by atoms with Gasteiger partial charge in [0.1, 0.15) is 5.75 Å². The van der Waals surface area contributed by atoms with Crippen molar-refractivity contribution in [1.82, 2.24) is 0 Å². The van der Waals surface area contributed by atoms with E-state index in [2.05, 4.69) is 52.4 Å². The Hall–Kier alpha value is -1.00. The number of ether oxygens (including phenoxy) is 1. The van der Waals surface area contributed by atoms with E-state index in [-0.39, 0.29) is 0 Å². The Balaban J connectivity index is 1.75. The van der Waals surface area contributed by atoms with Crippen molar-refractivity contribution in [3.05, 3.63) is 44.6 Å². The number of fused-ring (bicyclic) bond motifs is 1. The molecule has 0 radical (unpaired) electrons. The molecule has 0 fully saturated rings. The first-order chi connectivity index (χ1) is 10.3. The molecule has 0 spiro atoms. The summed E-state index contributed by atoms with van der Waals surface area (Å²) in [6, 6.07) is 11.0. The maximum absolute atomic E-state index is 5.71. The third-order valence-electron chi connectivity index (χ3n) is 3.73. The molecule has 1 aromatic carbocycles. The second-order valence-corrected chi connectivity index (χ2v) is 7.91. The first-order valence-corrected chi connectivity index (χ1v) is 9.14. The highest BCUT2D eigenvalue weighted by Gasteiger charge is 2.22. The van der Waals surface area contributed by atoms with Crippen LogP contribution in [0.1, 0.15) is 42.7 Å². The van der Waals surface area contributed by atoms with Crippen molar-refractivity contribution in [1.29, 1.82) is 0 Å². The molecule has 1 aliphatic rings. The fourth-order valence-electron chi connectivity index (χ4n) is 2.77. The standard InChI is InChI=1S/C17H20BrNOS/c1-2-9-20-13-6-3-5-12(10-13)19-15-7-4-8-16-14(15)11-17(18)21-16/h3,5-6,10-11,15,19H,2,4,7-9H2,1H3. The summed E-state index contributed by atoms with van der Waals surface area (Å²) in [6.07, 6.45) is 4.69. The minimum absolute atomic E-state index is 0.415. The van der Waals surface area contributed by atoms with E-state index < -0.39 is 0 Å². The molecule has 0 aliphatic heterocycles. The van der Waals surface area contributed by atoms with Crippen LogP contribution in [0.15, 0.2) is 34.1 Å². The van der Waals surface area contributed by atoms with E-state index in [1.807, 2.05) is 17.4 Å². The Morgan fingerprint density at radius 2 is 2.29 bits per heavy atom. The van der Waals surface area contributed by atoms with Gasteiger partial charge in [-0.3, -0.25) is 0 Å². The summed E-state index contributed by atoms with van der Waals surface area (Å²) in [4.78, 5) is 1.52. The highest BCUT2D eigenvalue weighted by Crippen LogP contribution is 2.39. The van der Waals surface area contributed by atoms with Crippen LogP contribution in [-0.4, -0.2) is 6.61 Å². The highest BCUT2D eigenvalue weighted by molar-refractivity contribution is 9.11. The average Bonchev–Trinajstić information content (AvgIpc) is 2.87. The Morgan fingerprint density at radius 1 is 1.38 bits per heavy atom. The van der Waals surface area contributed by atoms with Crippen LogP contribution < -0.4 is 10.1 Å². The third kappa shape index (κ3) is 3.61. The van der Waals surface area contributed by atoms with Gasteiger partial charge in [-0.2, -0.15) is 0 Å². The van der Waals surface area contributed by atoms with Crippen molar-refractivity contribution >= 4 is 33.0 Å². The topological polar surface area (TPSA) is 21.3 Å². The lowest BCUT2D eigenvalue weighted by Gasteiger charge is -2.24. The van der Waals surface area contributed by atoms with Gasteiger partial charge >= 0.3 is 0 Å². The van der Waals surface area contributed by atoms with Crippen molar-refractivity contribution in [3.63, 3.8) is 0 Å². The molecule has 2 aromatic rings. The number of thiophene rings is 1. The van der Waals surface area contributed by atoms with Gasteiger partial charge in [0.2, 0.25) is 0 Å². The van der Waals surface area contributed by atoms with Gasteiger partial charge in [0, 0.05) is 16.6 Å².